The zero-order chi connectivity index (χ0) is 17.5. The minimum absolute atomic E-state index is 0.329. The summed E-state index contributed by atoms with van der Waals surface area (Å²) >= 11 is 0. The average Bonchev–Trinajstić information content (AvgIpc) is 3.11. The van der Waals surface area contributed by atoms with Crippen molar-refractivity contribution in [3.05, 3.63) is 60.5 Å². The van der Waals surface area contributed by atoms with Gasteiger partial charge in [0.1, 0.15) is 11.5 Å². The number of nitrogens with zero attached hydrogens (tertiary/aromatic N) is 2. The Morgan fingerprint density at radius 3 is 2.56 bits per heavy atom. The van der Waals surface area contributed by atoms with E-state index in [0.717, 1.165) is 11.3 Å². The quantitative estimate of drug-likeness (QED) is 0.743. The maximum absolute atomic E-state index is 11.7. The van der Waals surface area contributed by atoms with E-state index in [9.17, 15) is 4.79 Å². The molecule has 128 valence electrons. The Hall–Kier alpha value is -3.35. The number of methoxy groups -OCH3 is 1. The Bertz CT molecular complexity index is 816. The zero-order valence-electron chi connectivity index (χ0n) is 13.6. The molecule has 0 saturated carbocycles. The van der Waals surface area contributed by atoms with E-state index in [1.165, 1.54) is 0 Å². The Morgan fingerprint density at radius 2 is 1.84 bits per heavy atom. The van der Waals surface area contributed by atoms with Crippen molar-refractivity contribution in [1.29, 1.82) is 0 Å². The van der Waals surface area contributed by atoms with Gasteiger partial charge in [0.25, 0.3) is 0 Å². The lowest BCUT2D eigenvalue weighted by Gasteiger charge is -2.04. The molecule has 0 aliphatic carbocycles. The number of benzene rings is 2. The number of hydrogen-bond acceptors (Lipinski definition) is 6. The van der Waals surface area contributed by atoms with Gasteiger partial charge in [-0.3, -0.25) is 0 Å². The molecule has 3 aromatic rings. The molecule has 0 radical (unpaired) electrons. The van der Waals surface area contributed by atoms with Gasteiger partial charge in [0, 0.05) is 18.5 Å². The summed E-state index contributed by atoms with van der Waals surface area (Å²) in [6, 6.07) is 16.2. The molecule has 2 aromatic carbocycles. The third-order valence-electron chi connectivity index (χ3n) is 3.38. The van der Waals surface area contributed by atoms with Crippen LogP contribution in [0.5, 0.6) is 11.5 Å². The van der Waals surface area contributed by atoms with E-state index < -0.39 is 6.09 Å². The summed E-state index contributed by atoms with van der Waals surface area (Å²) in [4.78, 5) is 16.0. The van der Waals surface area contributed by atoms with Crippen LogP contribution in [0, 0.1) is 0 Å². The lowest BCUT2D eigenvalue weighted by Crippen LogP contribution is -2.28. The van der Waals surface area contributed by atoms with Crippen molar-refractivity contribution in [2.45, 2.75) is 6.42 Å². The highest BCUT2D eigenvalue weighted by atomic mass is 16.6. The van der Waals surface area contributed by atoms with Gasteiger partial charge < -0.3 is 19.3 Å². The number of para-hydroxylation sites is 1. The highest BCUT2D eigenvalue weighted by Gasteiger charge is 2.10. The fourth-order valence-electron chi connectivity index (χ4n) is 2.12. The molecule has 0 saturated heterocycles. The molecule has 0 bridgehead atoms. The minimum atomic E-state index is -0.527. The number of amides is 1. The van der Waals surface area contributed by atoms with Gasteiger partial charge in [0.05, 0.1) is 7.11 Å². The normalized spacial score (nSPS) is 10.3. The predicted molar refractivity (Wildman–Crippen MR) is 90.5 cm³/mol. The van der Waals surface area contributed by atoms with Gasteiger partial charge in [-0.2, -0.15) is 4.98 Å². The molecule has 25 heavy (non-hydrogen) atoms. The van der Waals surface area contributed by atoms with Crippen molar-refractivity contribution in [1.82, 2.24) is 15.5 Å². The van der Waals surface area contributed by atoms with E-state index in [1.807, 2.05) is 30.3 Å². The molecular formula is C18H17N3O4. The van der Waals surface area contributed by atoms with Crippen LogP contribution in [0.25, 0.3) is 11.4 Å². The monoisotopic (exact) mass is 339 g/mol. The van der Waals surface area contributed by atoms with Crippen LogP contribution in [0.3, 0.4) is 0 Å². The van der Waals surface area contributed by atoms with Crippen LogP contribution in [0.4, 0.5) is 4.79 Å². The first-order valence-electron chi connectivity index (χ1n) is 7.72. The molecular weight excluding hydrogens is 322 g/mol. The van der Waals surface area contributed by atoms with Crippen LogP contribution in [-0.2, 0) is 6.42 Å². The maximum atomic E-state index is 11.7. The van der Waals surface area contributed by atoms with Crippen LogP contribution in [0.1, 0.15) is 5.89 Å². The van der Waals surface area contributed by atoms with Crippen molar-refractivity contribution in [2.75, 3.05) is 13.7 Å². The molecule has 1 heterocycles. The molecule has 1 aromatic heterocycles. The first-order chi connectivity index (χ1) is 12.2. The summed E-state index contributed by atoms with van der Waals surface area (Å²) in [6.45, 7) is 0.329. The highest BCUT2D eigenvalue weighted by molar-refractivity contribution is 5.70. The van der Waals surface area contributed by atoms with E-state index in [4.69, 9.17) is 14.0 Å². The van der Waals surface area contributed by atoms with Crippen molar-refractivity contribution in [3.8, 4) is 22.9 Å². The third-order valence-corrected chi connectivity index (χ3v) is 3.38. The summed E-state index contributed by atoms with van der Waals surface area (Å²) < 4.78 is 15.4. The maximum Gasteiger partial charge on any atom is 0.412 e. The smallest absolute Gasteiger partial charge is 0.412 e. The predicted octanol–water partition coefficient (Wildman–Crippen LogP) is 3.08. The first-order valence-corrected chi connectivity index (χ1v) is 7.72. The number of carbonyl (C=O) groups excluding carboxylic acids is 1. The van der Waals surface area contributed by atoms with Gasteiger partial charge >= 0.3 is 6.09 Å². The standard InChI is InChI=1S/C18H17N3O4/c1-23-14-9-7-13(8-10-14)17-20-16(25-21-17)11-12-19-18(22)24-15-5-3-2-4-6-15/h2-10H,11-12H2,1H3,(H,19,22). The lowest BCUT2D eigenvalue weighted by molar-refractivity contribution is 0.200. The Labute approximate surface area is 144 Å². The molecule has 7 heteroatoms. The molecule has 0 aliphatic rings. The fourth-order valence-corrected chi connectivity index (χ4v) is 2.12. The second-order valence-electron chi connectivity index (χ2n) is 5.12. The third kappa shape index (κ3) is 4.57. The van der Waals surface area contributed by atoms with Crippen molar-refractivity contribution >= 4 is 6.09 Å². The van der Waals surface area contributed by atoms with Crippen LogP contribution in [-0.4, -0.2) is 29.9 Å². The summed E-state index contributed by atoms with van der Waals surface area (Å²) in [5.74, 6) is 2.17. The van der Waals surface area contributed by atoms with Gasteiger partial charge in [-0.1, -0.05) is 23.4 Å². The molecule has 0 spiro atoms. The molecule has 0 fully saturated rings. The van der Waals surface area contributed by atoms with E-state index in [0.29, 0.717) is 30.4 Å². The fraction of sp³-hybridized carbons (Fsp3) is 0.167. The number of carbonyl (C=O) groups is 1. The van der Waals surface area contributed by atoms with Crippen LogP contribution < -0.4 is 14.8 Å². The average molecular weight is 339 g/mol. The Morgan fingerprint density at radius 1 is 1.08 bits per heavy atom. The van der Waals surface area contributed by atoms with Crippen LogP contribution >= 0.6 is 0 Å². The lowest BCUT2D eigenvalue weighted by atomic mass is 10.2. The number of ether oxygens (including phenoxy) is 2. The molecule has 7 nitrogen and oxygen atoms in total. The van der Waals surface area contributed by atoms with E-state index >= 15 is 0 Å². The van der Waals surface area contributed by atoms with E-state index in [2.05, 4.69) is 15.5 Å². The van der Waals surface area contributed by atoms with Crippen molar-refractivity contribution in [3.63, 3.8) is 0 Å². The van der Waals surface area contributed by atoms with Gasteiger partial charge in [-0.15, -0.1) is 0 Å². The number of nitrogens with one attached hydrogen (secondary N) is 1. The summed E-state index contributed by atoms with van der Waals surface area (Å²) in [5.41, 5.74) is 0.826. The summed E-state index contributed by atoms with van der Waals surface area (Å²) in [5, 5.41) is 6.57. The topological polar surface area (TPSA) is 86.5 Å². The number of hydrogen-bond donors (Lipinski definition) is 1. The molecule has 0 atom stereocenters. The molecule has 1 amide bonds. The van der Waals surface area contributed by atoms with E-state index in [-0.39, 0.29) is 0 Å². The Kier molecular flexibility index (Phi) is 5.26. The molecule has 1 N–H and O–H groups in total. The first kappa shape index (κ1) is 16.5. The molecule has 0 unspecified atom stereocenters. The molecule has 3 rings (SSSR count). The number of aromatic nitrogens is 2. The van der Waals surface area contributed by atoms with Gasteiger partial charge in [-0.25, -0.2) is 4.79 Å². The van der Waals surface area contributed by atoms with Gasteiger partial charge in [0.15, 0.2) is 0 Å². The van der Waals surface area contributed by atoms with Crippen molar-refractivity contribution < 1.29 is 18.8 Å². The SMILES string of the molecule is COc1ccc(-c2noc(CCNC(=O)Oc3ccccc3)n2)cc1. The van der Waals surface area contributed by atoms with Crippen LogP contribution in [0.15, 0.2) is 59.1 Å². The van der Waals surface area contributed by atoms with Gasteiger partial charge in [0.2, 0.25) is 11.7 Å². The largest absolute Gasteiger partial charge is 0.497 e. The van der Waals surface area contributed by atoms with E-state index in [1.54, 1.807) is 31.4 Å². The summed E-state index contributed by atoms with van der Waals surface area (Å²) in [6.07, 6.45) is -0.117. The van der Waals surface area contributed by atoms with Crippen LogP contribution in [0.2, 0.25) is 0 Å². The zero-order valence-corrected chi connectivity index (χ0v) is 13.6. The second kappa shape index (κ2) is 7.96. The highest BCUT2D eigenvalue weighted by Crippen LogP contribution is 2.19. The second-order valence-corrected chi connectivity index (χ2v) is 5.12. The van der Waals surface area contributed by atoms with Gasteiger partial charge in [-0.05, 0) is 36.4 Å². The number of rotatable bonds is 6. The molecule has 0 aliphatic heterocycles. The summed E-state index contributed by atoms with van der Waals surface area (Å²) in [7, 11) is 1.61. The Balaban J connectivity index is 1.49. The van der Waals surface area contributed by atoms with Crippen molar-refractivity contribution in [2.24, 2.45) is 0 Å². The minimum Gasteiger partial charge on any atom is -0.497 e.